The lowest BCUT2D eigenvalue weighted by Crippen LogP contribution is -2.37. The first-order valence-electron chi connectivity index (χ1n) is 6.77. The van der Waals surface area contributed by atoms with E-state index in [0.29, 0.717) is 20.2 Å². The Hall–Kier alpha value is -1.89. The molecule has 2 aromatic rings. The molecule has 5 nitrogen and oxygen atoms in total. The molecule has 0 atom stereocenters. The Bertz CT molecular complexity index is 886. The summed E-state index contributed by atoms with van der Waals surface area (Å²) in [6.07, 6.45) is 0. The Morgan fingerprint density at radius 1 is 1.04 bits per heavy atom. The van der Waals surface area contributed by atoms with Gasteiger partial charge in [-0.1, -0.05) is 39.1 Å². The summed E-state index contributed by atoms with van der Waals surface area (Å²) in [5.74, 6) is -1.56. The maximum Gasteiger partial charge on any atom is 0.262 e. The van der Waals surface area contributed by atoms with Gasteiger partial charge in [0.05, 0.1) is 21.8 Å². The minimum atomic E-state index is -0.548. The topological polar surface area (TPSA) is 66.5 Å². The van der Waals surface area contributed by atoms with Crippen LogP contribution in [0.2, 0.25) is 10.0 Å². The Kier molecular flexibility index (Phi) is 4.62. The third-order valence-electron chi connectivity index (χ3n) is 3.44. The van der Waals surface area contributed by atoms with E-state index in [4.69, 9.17) is 23.2 Å². The molecule has 1 aliphatic heterocycles. The average Bonchev–Trinajstić information content (AvgIpc) is 2.75. The molecular weight excluding hydrogens is 419 g/mol. The smallest absolute Gasteiger partial charge is 0.262 e. The summed E-state index contributed by atoms with van der Waals surface area (Å²) in [5, 5.41) is 3.25. The molecule has 3 rings (SSSR count). The predicted octanol–water partition coefficient (Wildman–Crippen LogP) is 3.99. The molecule has 8 heteroatoms. The minimum Gasteiger partial charge on any atom is -0.323 e. The zero-order chi connectivity index (χ0) is 17.4. The van der Waals surface area contributed by atoms with Crippen LogP contribution in [-0.4, -0.2) is 29.2 Å². The molecule has 3 amide bonds. The number of anilines is 1. The zero-order valence-corrected chi connectivity index (χ0v) is 15.1. The van der Waals surface area contributed by atoms with E-state index in [2.05, 4.69) is 21.2 Å². The summed E-state index contributed by atoms with van der Waals surface area (Å²) in [7, 11) is 0. The van der Waals surface area contributed by atoms with Crippen molar-refractivity contribution in [3.05, 3.63) is 62.0 Å². The van der Waals surface area contributed by atoms with Gasteiger partial charge < -0.3 is 5.32 Å². The van der Waals surface area contributed by atoms with Gasteiger partial charge >= 0.3 is 0 Å². The van der Waals surface area contributed by atoms with Crippen LogP contribution in [0.25, 0.3) is 0 Å². The fraction of sp³-hybridized carbons (Fsp3) is 0.0625. The fourth-order valence-corrected chi connectivity index (χ4v) is 3.03. The van der Waals surface area contributed by atoms with Crippen molar-refractivity contribution >= 4 is 62.5 Å². The van der Waals surface area contributed by atoms with Crippen LogP contribution in [0.4, 0.5) is 5.69 Å². The molecule has 0 unspecified atom stereocenters. The average molecular weight is 428 g/mol. The number of rotatable bonds is 3. The summed E-state index contributed by atoms with van der Waals surface area (Å²) >= 11 is 15.1. The molecule has 0 aliphatic carbocycles. The molecule has 1 aliphatic rings. The number of carbonyl (C=O) groups is 3. The van der Waals surface area contributed by atoms with Crippen molar-refractivity contribution in [2.45, 2.75) is 0 Å². The van der Waals surface area contributed by atoms with E-state index in [1.807, 2.05) is 0 Å². The van der Waals surface area contributed by atoms with E-state index in [9.17, 15) is 14.4 Å². The second-order valence-corrected chi connectivity index (χ2v) is 6.82. The van der Waals surface area contributed by atoms with Gasteiger partial charge in [-0.3, -0.25) is 19.3 Å². The zero-order valence-electron chi connectivity index (χ0n) is 12.0. The number of carbonyl (C=O) groups excluding carboxylic acids is 3. The van der Waals surface area contributed by atoms with Gasteiger partial charge in [0, 0.05) is 9.50 Å². The quantitative estimate of drug-likeness (QED) is 0.753. The molecule has 0 spiro atoms. The summed E-state index contributed by atoms with van der Waals surface area (Å²) in [5.41, 5.74) is 0.855. The van der Waals surface area contributed by atoms with Crippen LogP contribution >= 0.6 is 39.1 Å². The first-order valence-corrected chi connectivity index (χ1v) is 8.32. The number of nitrogens with one attached hydrogen (secondary N) is 1. The SMILES string of the molecule is O=C(CN1C(=O)c2ccc(Br)cc2C1=O)Nc1cc(Cl)ccc1Cl. The van der Waals surface area contributed by atoms with Gasteiger partial charge in [0.1, 0.15) is 6.54 Å². The van der Waals surface area contributed by atoms with Crippen molar-refractivity contribution < 1.29 is 14.4 Å². The lowest BCUT2D eigenvalue weighted by atomic mass is 10.1. The van der Waals surface area contributed by atoms with Gasteiger partial charge in [-0.25, -0.2) is 0 Å². The molecule has 1 heterocycles. The number of fused-ring (bicyclic) bond motifs is 1. The van der Waals surface area contributed by atoms with E-state index in [-0.39, 0.29) is 11.1 Å². The molecule has 24 heavy (non-hydrogen) atoms. The van der Waals surface area contributed by atoms with Gasteiger partial charge in [-0.2, -0.15) is 0 Å². The van der Waals surface area contributed by atoms with Crippen molar-refractivity contribution in [2.24, 2.45) is 0 Å². The van der Waals surface area contributed by atoms with Crippen LogP contribution in [0.1, 0.15) is 20.7 Å². The van der Waals surface area contributed by atoms with Crippen LogP contribution in [0.5, 0.6) is 0 Å². The Labute approximate surface area is 155 Å². The number of amides is 3. The molecule has 0 aromatic heterocycles. The summed E-state index contributed by atoms with van der Waals surface area (Å²) in [4.78, 5) is 37.7. The number of hydrogen-bond donors (Lipinski definition) is 1. The fourth-order valence-electron chi connectivity index (χ4n) is 2.33. The molecule has 1 N–H and O–H groups in total. The lowest BCUT2D eigenvalue weighted by Gasteiger charge is -2.14. The Balaban J connectivity index is 1.77. The van der Waals surface area contributed by atoms with Crippen molar-refractivity contribution in [1.82, 2.24) is 4.90 Å². The van der Waals surface area contributed by atoms with E-state index in [1.165, 1.54) is 6.07 Å². The maximum absolute atomic E-state index is 12.3. The highest BCUT2D eigenvalue weighted by atomic mass is 79.9. The second-order valence-electron chi connectivity index (χ2n) is 5.06. The van der Waals surface area contributed by atoms with Crippen LogP contribution in [0, 0.1) is 0 Å². The van der Waals surface area contributed by atoms with Crippen molar-refractivity contribution in [1.29, 1.82) is 0 Å². The molecule has 2 aromatic carbocycles. The Morgan fingerprint density at radius 2 is 1.75 bits per heavy atom. The standard InChI is InChI=1S/C16H9BrCl2N2O3/c17-8-1-3-10-11(5-8)16(24)21(15(10)23)7-14(22)20-13-6-9(18)2-4-12(13)19/h1-6H,7H2,(H,20,22). The largest absolute Gasteiger partial charge is 0.323 e. The van der Waals surface area contributed by atoms with Gasteiger partial charge in [-0.05, 0) is 36.4 Å². The number of halogens is 3. The maximum atomic E-state index is 12.3. The van der Waals surface area contributed by atoms with E-state index >= 15 is 0 Å². The molecule has 0 saturated carbocycles. The second kappa shape index (κ2) is 6.55. The van der Waals surface area contributed by atoms with Gasteiger partial charge in [0.15, 0.2) is 0 Å². The number of nitrogens with zero attached hydrogens (tertiary/aromatic N) is 1. The number of hydrogen-bond acceptors (Lipinski definition) is 3. The van der Waals surface area contributed by atoms with Crippen molar-refractivity contribution in [3.63, 3.8) is 0 Å². The van der Waals surface area contributed by atoms with E-state index in [1.54, 1.807) is 30.3 Å². The van der Waals surface area contributed by atoms with Gasteiger partial charge in [0.2, 0.25) is 5.91 Å². The van der Waals surface area contributed by atoms with Crippen molar-refractivity contribution in [3.8, 4) is 0 Å². The van der Waals surface area contributed by atoms with Crippen LogP contribution in [0.15, 0.2) is 40.9 Å². The highest BCUT2D eigenvalue weighted by Gasteiger charge is 2.36. The normalized spacial score (nSPS) is 13.2. The summed E-state index contributed by atoms with van der Waals surface area (Å²) in [6, 6.07) is 9.38. The monoisotopic (exact) mass is 426 g/mol. The van der Waals surface area contributed by atoms with Crippen LogP contribution in [-0.2, 0) is 4.79 Å². The molecule has 0 fully saturated rings. The molecule has 0 bridgehead atoms. The van der Waals surface area contributed by atoms with Crippen LogP contribution in [0.3, 0.4) is 0 Å². The highest BCUT2D eigenvalue weighted by molar-refractivity contribution is 9.10. The minimum absolute atomic E-state index is 0.267. The van der Waals surface area contributed by atoms with Gasteiger partial charge in [0.25, 0.3) is 11.8 Å². The third kappa shape index (κ3) is 3.17. The first kappa shape index (κ1) is 17.0. The third-order valence-corrected chi connectivity index (χ3v) is 4.49. The summed E-state index contributed by atoms with van der Waals surface area (Å²) < 4.78 is 0.680. The van der Waals surface area contributed by atoms with E-state index in [0.717, 1.165) is 4.90 Å². The molecule has 0 saturated heterocycles. The predicted molar refractivity (Wildman–Crippen MR) is 94.6 cm³/mol. The highest BCUT2D eigenvalue weighted by Crippen LogP contribution is 2.27. The number of imide groups is 1. The number of benzene rings is 2. The van der Waals surface area contributed by atoms with Crippen molar-refractivity contribution in [2.75, 3.05) is 11.9 Å². The van der Waals surface area contributed by atoms with E-state index < -0.39 is 24.3 Å². The first-order chi connectivity index (χ1) is 11.4. The van der Waals surface area contributed by atoms with Gasteiger partial charge in [-0.15, -0.1) is 0 Å². The molecule has 122 valence electrons. The summed E-state index contributed by atoms with van der Waals surface area (Å²) in [6.45, 7) is -0.410. The molecular formula is C16H9BrCl2N2O3. The Morgan fingerprint density at radius 3 is 2.50 bits per heavy atom. The van der Waals surface area contributed by atoms with Crippen LogP contribution < -0.4 is 5.32 Å². The lowest BCUT2D eigenvalue weighted by molar-refractivity contribution is -0.116. The molecule has 0 radical (unpaired) electrons.